The Kier molecular flexibility index (Phi) is 5.18. The SMILES string of the molecule is CCC1(C)CCN(Cc2ccc(C=CC(=O)O)cc2)CC1. The summed E-state index contributed by atoms with van der Waals surface area (Å²) in [5, 5.41) is 8.61. The largest absolute Gasteiger partial charge is 0.478 e. The Balaban J connectivity index is 1.88. The van der Waals surface area contributed by atoms with Gasteiger partial charge in [0.15, 0.2) is 0 Å². The van der Waals surface area contributed by atoms with Crippen LogP contribution in [-0.2, 0) is 11.3 Å². The van der Waals surface area contributed by atoms with Crippen LogP contribution in [0.5, 0.6) is 0 Å². The lowest BCUT2D eigenvalue weighted by molar-refractivity contribution is -0.131. The Morgan fingerprint density at radius 1 is 1.29 bits per heavy atom. The minimum atomic E-state index is -0.911. The van der Waals surface area contributed by atoms with E-state index in [1.54, 1.807) is 6.08 Å². The van der Waals surface area contributed by atoms with Gasteiger partial charge in [-0.05, 0) is 48.5 Å². The van der Waals surface area contributed by atoms with Gasteiger partial charge in [-0.3, -0.25) is 4.90 Å². The minimum absolute atomic E-state index is 0.530. The molecule has 3 heteroatoms. The van der Waals surface area contributed by atoms with Crippen molar-refractivity contribution in [3.8, 4) is 0 Å². The molecule has 0 aliphatic carbocycles. The first kappa shape index (κ1) is 15.8. The van der Waals surface area contributed by atoms with E-state index in [9.17, 15) is 4.79 Å². The average molecular weight is 287 g/mol. The fraction of sp³-hybridized carbons (Fsp3) is 0.500. The monoisotopic (exact) mass is 287 g/mol. The van der Waals surface area contributed by atoms with Gasteiger partial charge in [-0.2, -0.15) is 0 Å². The Morgan fingerprint density at radius 3 is 2.43 bits per heavy atom. The molecule has 114 valence electrons. The molecule has 3 nitrogen and oxygen atoms in total. The van der Waals surface area contributed by atoms with Crippen molar-refractivity contribution >= 4 is 12.0 Å². The summed E-state index contributed by atoms with van der Waals surface area (Å²) >= 11 is 0. The van der Waals surface area contributed by atoms with E-state index in [0.29, 0.717) is 5.41 Å². The van der Waals surface area contributed by atoms with E-state index in [4.69, 9.17) is 5.11 Å². The van der Waals surface area contributed by atoms with Crippen molar-refractivity contribution in [1.82, 2.24) is 4.90 Å². The molecular formula is C18H25NO2. The fourth-order valence-electron chi connectivity index (χ4n) is 2.76. The third-order valence-corrected chi connectivity index (χ3v) is 4.72. The van der Waals surface area contributed by atoms with Crippen molar-refractivity contribution in [1.29, 1.82) is 0 Å². The molecule has 1 aliphatic heterocycles. The highest BCUT2D eigenvalue weighted by Gasteiger charge is 2.27. The summed E-state index contributed by atoms with van der Waals surface area (Å²) in [5.74, 6) is -0.911. The molecule has 2 rings (SSSR count). The Bertz CT molecular complexity index is 496. The van der Waals surface area contributed by atoms with Crippen molar-refractivity contribution < 1.29 is 9.90 Å². The first-order valence-corrected chi connectivity index (χ1v) is 7.73. The van der Waals surface area contributed by atoms with E-state index < -0.39 is 5.97 Å². The molecule has 0 bridgehead atoms. The number of hydrogen-bond donors (Lipinski definition) is 1. The third kappa shape index (κ3) is 4.71. The molecule has 21 heavy (non-hydrogen) atoms. The van der Waals surface area contributed by atoms with Crippen LogP contribution in [0.25, 0.3) is 6.08 Å². The Hall–Kier alpha value is -1.61. The zero-order valence-electron chi connectivity index (χ0n) is 13.0. The number of carbonyl (C=O) groups is 1. The van der Waals surface area contributed by atoms with Crippen molar-refractivity contribution in [2.45, 2.75) is 39.7 Å². The maximum atomic E-state index is 10.5. The van der Waals surface area contributed by atoms with E-state index in [1.807, 2.05) is 12.1 Å². The van der Waals surface area contributed by atoms with Gasteiger partial charge in [-0.1, -0.05) is 44.5 Å². The highest BCUT2D eigenvalue weighted by atomic mass is 16.4. The lowest BCUT2D eigenvalue weighted by atomic mass is 9.78. The van der Waals surface area contributed by atoms with Crippen molar-refractivity contribution in [2.24, 2.45) is 5.41 Å². The van der Waals surface area contributed by atoms with Gasteiger partial charge in [0.1, 0.15) is 0 Å². The van der Waals surface area contributed by atoms with Crippen LogP contribution >= 0.6 is 0 Å². The molecule has 0 aromatic heterocycles. The van der Waals surface area contributed by atoms with E-state index >= 15 is 0 Å². The molecule has 0 atom stereocenters. The first-order chi connectivity index (χ1) is 10.0. The van der Waals surface area contributed by atoms with Gasteiger partial charge in [0.2, 0.25) is 0 Å². The summed E-state index contributed by atoms with van der Waals surface area (Å²) in [7, 11) is 0. The standard InChI is InChI=1S/C18H25NO2/c1-3-18(2)10-12-19(13-11-18)14-16-6-4-15(5-7-16)8-9-17(20)21/h4-9H,3,10-14H2,1-2H3,(H,20,21). The molecular weight excluding hydrogens is 262 g/mol. The van der Waals surface area contributed by atoms with Crippen LogP contribution < -0.4 is 0 Å². The van der Waals surface area contributed by atoms with E-state index in [-0.39, 0.29) is 0 Å². The molecule has 0 unspecified atom stereocenters. The van der Waals surface area contributed by atoms with Crippen LogP contribution in [0, 0.1) is 5.41 Å². The molecule has 1 fully saturated rings. The van der Waals surface area contributed by atoms with Crippen molar-refractivity contribution in [2.75, 3.05) is 13.1 Å². The topological polar surface area (TPSA) is 40.5 Å². The lowest BCUT2D eigenvalue weighted by Crippen LogP contribution is -2.37. The Morgan fingerprint density at radius 2 is 1.90 bits per heavy atom. The maximum absolute atomic E-state index is 10.5. The summed E-state index contributed by atoms with van der Waals surface area (Å²) in [5.41, 5.74) is 2.75. The fourth-order valence-corrected chi connectivity index (χ4v) is 2.76. The summed E-state index contributed by atoms with van der Waals surface area (Å²) in [6.07, 6.45) is 6.63. The van der Waals surface area contributed by atoms with E-state index in [2.05, 4.69) is 30.9 Å². The minimum Gasteiger partial charge on any atom is -0.478 e. The van der Waals surface area contributed by atoms with E-state index in [0.717, 1.165) is 12.1 Å². The maximum Gasteiger partial charge on any atom is 0.328 e. The van der Waals surface area contributed by atoms with Gasteiger partial charge in [-0.25, -0.2) is 4.79 Å². The second kappa shape index (κ2) is 6.90. The number of nitrogens with zero attached hydrogens (tertiary/aromatic N) is 1. The van der Waals surface area contributed by atoms with Gasteiger partial charge in [0, 0.05) is 12.6 Å². The highest BCUT2D eigenvalue weighted by Crippen LogP contribution is 2.34. The molecule has 1 N–H and O–H groups in total. The predicted molar refractivity (Wildman–Crippen MR) is 86.0 cm³/mol. The van der Waals surface area contributed by atoms with Crippen LogP contribution in [0.3, 0.4) is 0 Å². The highest BCUT2D eigenvalue weighted by molar-refractivity contribution is 5.85. The molecule has 1 saturated heterocycles. The van der Waals surface area contributed by atoms with Crippen LogP contribution in [-0.4, -0.2) is 29.1 Å². The second-order valence-corrected chi connectivity index (χ2v) is 6.35. The van der Waals surface area contributed by atoms with Crippen LogP contribution in [0.2, 0.25) is 0 Å². The number of hydrogen-bond acceptors (Lipinski definition) is 2. The second-order valence-electron chi connectivity index (χ2n) is 6.35. The molecule has 0 saturated carbocycles. The van der Waals surface area contributed by atoms with Crippen LogP contribution in [0.1, 0.15) is 44.2 Å². The van der Waals surface area contributed by atoms with E-state index in [1.165, 1.54) is 44.0 Å². The lowest BCUT2D eigenvalue weighted by Gasteiger charge is -2.39. The normalized spacial score (nSPS) is 19.0. The van der Waals surface area contributed by atoms with Gasteiger partial charge in [-0.15, -0.1) is 0 Å². The predicted octanol–water partition coefficient (Wildman–Crippen LogP) is 3.80. The third-order valence-electron chi connectivity index (χ3n) is 4.72. The number of aliphatic carboxylic acids is 1. The van der Waals surface area contributed by atoms with Crippen molar-refractivity contribution in [3.63, 3.8) is 0 Å². The zero-order valence-corrected chi connectivity index (χ0v) is 13.0. The van der Waals surface area contributed by atoms with Crippen LogP contribution in [0.15, 0.2) is 30.3 Å². The molecule has 0 spiro atoms. The number of benzene rings is 1. The average Bonchev–Trinajstić information content (AvgIpc) is 2.49. The quantitative estimate of drug-likeness (QED) is 0.837. The first-order valence-electron chi connectivity index (χ1n) is 7.73. The number of carboxylic acids is 1. The summed E-state index contributed by atoms with van der Waals surface area (Å²) in [6, 6.07) is 8.15. The molecule has 0 amide bonds. The molecule has 1 aliphatic rings. The summed E-state index contributed by atoms with van der Waals surface area (Å²) in [6.45, 7) is 8.02. The van der Waals surface area contributed by atoms with Crippen LogP contribution in [0.4, 0.5) is 0 Å². The van der Waals surface area contributed by atoms with Gasteiger partial charge in [0.05, 0.1) is 0 Å². The summed E-state index contributed by atoms with van der Waals surface area (Å²) < 4.78 is 0. The summed E-state index contributed by atoms with van der Waals surface area (Å²) in [4.78, 5) is 13.0. The van der Waals surface area contributed by atoms with Gasteiger partial charge in [0.25, 0.3) is 0 Å². The Labute approximate surface area is 127 Å². The zero-order chi connectivity index (χ0) is 15.3. The smallest absolute Gasteiger partial charge is 0.328 e. The number of carboxylic acid groups (broad SMARTS) is 1. The van der Waals surface area contributed by atoms with Gasteiger partial charge >= 0.3 is 5.97 Å². The number of likely N-dealkylation sites (tertiary alicyclic amines) is 1. The molecule has 1 heterocycles. The molecule has 0 radical (unpaired) electrons. The van der Waals surface area contributed by atoms with Gasteiger partial charge < -0.3 is 5.11 Å². The van der Waals surface area contributed by atoms with Crippen molar-refractivity contribution in [3.05, 3.63) is 41.5 Å². The molecule has 1 aromatic carbocycles. The number of rotatable bonds is 5. The molecule has 1 aromatic rings. The number of piperidine rings is 1.